The molecule has 0 saturated heterocycles. The van der Waals surface area contributed by atoms with Crippen molar-refractivity contribution in [1.29, 1.82) is 0 Å². The first-order valence-corrected chi connectivity index (χ1v) is 7.42. The number of para-hydroxylation sites is 2. The first-order valence-electron chi connectivity index (χ1n) is 7.05. The lowest BCUT2D eigenvalue weighted by molar-refractivity contribution is -0.123. The van der Waals surface area contributed by atoms with Gasteiger partial charge in [-0.3, -0.25) is 4.79 Å². The van der Waals surface area contributed by atoms with Crippen molar-refractivity contribution in [3.05, 3.63) is 59.1 Å². The van der Waals surface area contributed by atoms with E-state index in [4.69, 9.17) is 21.1 Å². The first-order chi connectivity index (χ1) is 10.7. The lowest BCUT2D eigenvalue weighted by Gasteiger charge is -2.11. The molecule has 0 radical (unpaired) electrons. The van der Waals surface area contributed by atoms with E-state index in [1.165, 1.54) is 0 Å². The summed E-state index contributed by atoms with van der Waals surface area (Å²) in [6.45, 7) is 2.82. The largest absolute Gasteiger partial charge is 0.490 e. The molecule has 1 amide bonds. The fraction of sp³-hybridized carbons (Fsp3) is 0.235. The van der Waals surface area contributed by atoms with Crippen LogP contribution in [0.25, 0.3) is 0 Å². The minimum Gasteiger partial charge on any atom is -0.490 e. The summed E-state index contributed by atoms with van der Waals surface area (Å²) in [7, 11) is 0. The summed E-state index contributed by atoms with van der Waals surface area (Å²) in [5.74, 6) is 1.00. The minimum atomic E-state index is -0.193. The van der Waals surface area contributed by atoms with Crippen LogP contribution in [-0.4, -0.2) is 19.1 Å². The Kier molecular flexibility index (Phi) is 6.10. The van der Waals surface area contributed by atoms with E-state index >= 15 is 0 Å². The van der Waals surface area contributed by atoms with Gasteiger partial charge in [-0.25, -0.2) is 0 Å². The van der Waals surface area contributed by atoms with Crippen LogP contribution in [0.1, 0.15) is 12.5 Å². The standard InChI is InChI=1S/C17H18ClNO3/c1-2-21-15-5-3-4-6-16(15)22-12-17(20)19-11-13-7-9-14(18)10-8-13/h3-10H,2,11-12H2,1H3,(H,19,20). The van der Waals surface area contributed by atoms with E-state index < -0.39 is 0 Å². The summed E-state index contributed by atoms with van der Waals surface area (Å²) in [6.07, 6.45) is 0. The molecule has 1 N–H and O–H groups in total. The lowest BCUT2D eigenvalue weighted by atomic mass is 10.2. The monoisotopic (exact) mass is 319 g/mol. The number of carbonyl (C=O) groups is 1. The van der Waals surface area contributed by atoms with Gasteiger partial charge in [0.2, 0.25) is 0 Å². The van der Waals surface area contributed by atoms with Crippen molar-refractivity contribution in [3.63, 3.8) is 0 Å². The van der Waals surface area contributed by atoms with Gasteiger partial charge in [-0.2, -0.15) is 0 Å². The molecule has 4 nitrogen and oxygen atoms in total. The maximum atomic E-state index is 11.8. The van der Waals surface area contributed by atoms with Gasteiger partial charge in [0.25, 0.3) is 5.91 Å². The summed E-state index contributed by atoms with van der Waals surface area (Å²) in [4.78, 5) is 11.8. The van der Waals surface area contributed by atoms with Gasteiger partial charge in [0.15, 0.2) is 18.1 Å². The molecule has 0 fully saturated rings. The maximum Gasteiger partial charge on any atom is 0.258 e. The van der Waals surface area contributed by atoms with Crippen molar-refractivity contribution in [2.24, 2.45) is 0 Å². The van der Waals surface area contributed by atoms with Gasteiger partial charge >= 0.3 is 0 Å². The Bertz CT molecular complexity index is 614. The molecule has 0 aliphatic rings. The second-order valence-corrected chi connectivity index (χ2v) is 5.01. The average Bonchev–Trinajstić information content (AvgIpc) is 2.54. The van der Waals surface area contributed by atoms with Gasteiger partial charge in [-0.1, -0.05) is 35.9 Å². The molecule has 0 bridgehead atoms. The lowest BCUT2D eigenvalue weighted by Crippen LogP contribution is -2.28. The SMILES string of the molecule is CCOc1ccccc1OCC(=O)NCc1ccc(Cl)cc1. The average molecular weight is 320 g/mol. The van der Waals surface area contributed by atoms with Crippen LogP contribution in [0.2, 0.25) is 5.02 Å². The van der Waals surface area contributed by atoms with E-state index in [2.05, 4.69) is 5.32 Å². The van der Waals surface area contributed by atoms with Crippen LogP contribution in [-0.2, 0) is 11.3 Å². The van der Waals surface area contributed by atoms with Gasteiger partial charge in [0.05, 0.1) is 6.61 Å². The third-order valence-corrected chi connectivity index (χ3v) is 3.16. The summed E-state index contributed by atoms with van der Waals surface area (Å²) < 4.78 is 10.9. The van der Waals surface area contributed by atoms with Crippen LogP contribution in [0.4, 0.5) is 0 Å². The molecule has 0 unspecified atom stereocenters. The van der Waals surface area contributed by atoms with E-state index in [0.29, 0.717) is 29.7 Å². The summed E-state index contributed by atoms with van der Waals surface area (Å²) in [5, 5.41) is 3.46. The highest BCUT2D eigenvalue weighted by molar-refractivity contribution is 6.30. The predicted octanol–water partition coefficient (Wildman–Crippen LogP) is 3.43. The molecule has 2 rings (SSSR count). The Hall–Kier alpha value is -2.20. The van der Waals surface area contributed by atoms with Crippen LogP contribution in [0.15, 0.2) is 48.5 Å². The van der Waals surface area contributed by atoms with Crippen molar-refractivity contribution in [2.75, 3.05) is 13.2 Å². The first kappa shape index (κ1) is 16.2. The van der Waals surface area contributed by atoms with Crippen molar-refractivity contribution in [1.82, 2.24) is 5.32 Å². The molecule has 0 heterocycles. The molecule has 0 saturated carbocycles. The third-order valence-electron chi connectivity index (χ3n) is 2.91. The quantitative estimate of drug-likeness (QED) is 0.850. The van der Waals surface area contributed by atoms with E-state index in [0.717, 1.165) is 5.56 Å². The zero-order chi connectivity index (χ0) is 15.8. The van der Waals surface area contributed by atoms with E-state index in [1.54, 1.807) is 18.2 Å². The van der Waals surface area contributed by atoms with E-state index in [-0.39, 0.29) is 12.5 Å². The van der Waals surface area contributed by atoms with Crippen LogP contribution in [0.3, 0.4) is 0 Å². The Balaban J connectivity index is 1.81. The normalized spacial score (nSPS) is 10.1. The molecule has 0 aliphatic heterocycles. The summed E-state index contributed by atoms with van der Waals surface area (Å²) >= 11 is 5.81. The molecule has 5 heteroatoms. The van der Waals surface area contributed by atoms with Crippen molar-refractivity contribution in [2.45, 2.75) is 13.5 Å². The second kappa shape index (κ2) is 8.29. The molecule has 0 spiro atoms. The van der Waals surface area contributed by atoms with Gasteiger partial charge < -0.3 is 14.8 Å². The summed E-state index contributed by atoms with van der Waals surface area (Å²) in [6, 6.07) is 14.6. The van der Waals surface area contributed by atoms with Gasteiger partial charge in [0.1, 0.15) is 0 Å². The molecule has 2 aromatic rings. The van der Waals surface area contributed by atoms with Crippen molar-refractivity contribution < 1.29 is 14.3 Å². The van der Waals surface area contributed by atoms with Crippen LogP contribution in [0, 0.1) is 0 Å². The highest BCUT2D eigenvalue weighted by atomic mass is 35.5. The number of nitrogens with one attached hydrogen (secondary N) is 1. The van der Waals surface area contributed by atoms with E-state index in [9.17, 15) is 4.79 Å². The molecule has 2 aromatic carbocycles. The molecular formula is C17H18ClNO3. The van der Waals surface area contributed by atoms with Crippen LogP contribution < -0.4 is 14.8 Å². The molecule has 0 aromatic heterocycles. The van der Waals surface area contributed by atoms with Crippen LogP contribution in [0.5, 0.6) is 11.5 Å². The highest BCUT2D eigenvalue weighted by Crippen LogP contribution is 2.26. The number of ether oxygens (including phenoxy) is 2. The number of hydrogen-bond acceptors (Lipinski definition) is 3. The van der Waals surface area contributed by atoms with Crippen molar-refractivity contribution in [3.8, 4) is 11.5 Å². The Morgan fingerprint density at radius 1 is 1.05 bits per heavy atom. The zero-order valence-electron chi connectivity index (χ0n) is 12.3. The Labute approximate surface area is 135 Å². The van der Waals surface area contributed by atoms with Gasteiger partial charge in [0, 0.05) is 11.6 Å². The summed E-state index contributed by atoms with van der Waals surface area (Å²) in [5.41, 5.74) is 0.979. The minimum absolute atomic E-state index is 0.0579. The smallest absolute Gasteiger partial charge is 0.258 e. The number of hydrogen-bond donors (Lipinski definition) is 1. The maximum absolute atomic E-state index is 11.8. The number of amides is 1. The fourth-order valence-electron chi connectivity index (χ4n) is 1.84. The van der Waals surface area contributed by atoms with Gasteiger partial charge in [-0.15, -0.1) is 0 Å². The zero-order valence-corrected chi connectivity index (χ0v) is 13.1. The number of carbonyl (C=O) groups excluding carboxylic acids is 1. The number of halogens is 1. The second-order valence-electron chi connectivity index (χ2n) is 4.57. The highest BCUT2D eigenvalue weighted by Gasteiger charge is 2.07. The topological polar surface area (TPSA) is 47.6 Å². The van der Waals surface area contributed by atoms with Crippen LogP contribution >= 0.6 is 11.6 Å². The fourth-order valence-corrected chi connectivity index (χ4v) is 1.97. The molecule has 0 atom stereocenters. The van der Waals surface area contributed by atoms with E-state index in [1.807, 2.05) is 37.3 Å². The number of benzene rings is 2. The Morgan fingerprint density at radius 2 is 1.68 bits per heavy atom. The molecule has 0 aliphatic carbocycles. The molecule has 22 heavy (non-hydrogen) atoms. The van der Waals surface area contributed by atoms with Crippen molar-refractivity contribution >= 4 is 17.5 Å². The molecule has 116 valence electrons. The number of rotatable bonds is 7. The van der Waals surface area contributed by atoms with Gasteiger partial charge in [-0.05, 0) is 36.8 Å². The predicted molar refractivity (Wildman–Crippen MR) is 86.4 cm³/mol. The molecular weight excluding hydrogens is 302 g/mol. The Morgan fingerprint density at radius 3 is 2.32 bits per heavy atom. The third kappa shape index (κ3) is 4.97.